The molecule has 0 amide bonds. The molecule has 3 aromatic rings. The molecule has 1 unspecified atom stereocenters. The lowest BCUT2D eigenvalue weighted by Crippen LogP contribution is -2.06. The Kier molecular flexibility index (Phi) is 3.20. The monoisotopic (exact) mass is 269 g/mol. The third kappa shape index (κ3) is 2.40. The van der Waals surface area contributed by atoms with Crippen molar-refractivity contribution >= 4 is 5.69 Å². The van der Waals surface area contributed by atoms with E-state index in [2.05, 4.69) is 27.8 Å². The van der Waals surface area contributed by atoms with Crippen molar-refractivity contribution < 1.29 is 4.42 Å². The summed E-state index contributed by atoms with van der Waals surface area (Å²) < 4.78 is 6.80. The molecule has 1 N–H and O–H groups in total. The third-order valence-electron chi connectivity index (χ3n) is 3.14. The van der Waals surface area contributed by atoms with Gasteiger partial charge in [-0.3, -0.25) is 0 Å². The van der Waals surface area contributed by atoms with Crippen molar-refractivity contribution in [1.29, 1.82) is 0 Å². The van der Waals surface area contributed by atoms with Crippen LogP contribution in [0.4, 0.5) is 5.69 Å². The van der Waals surface area contributed by atoms with Crippen LogP contribution in [0.25, 0.3) is 5.69 Å². The molecule has 1 atom stereocenters. The van der Waals surface area contributed by atoms with E-state index >= 15 is 0 Å². The minimum absolute atomic E-state index is 0.166. The molecule has 0 fully saturated rings. The van der Waals surface area contributed by atoms with E-state index in [0.29, 0.717) is 0 Å². The van der Waals surface area contributed by atoms with Crippen LogP contribution in [-0.4, -0.2) is 20.2 Å². The average Bonchev–Trinajstić information content (AvgIpc) is 3.10. The highest BCUT2D eigenvalue weighted by Gasteiger charge is 2.08. The zero-order valence-electron chi connectivity index (χ0n) is 11.3. The van der Waals surface area contributed by atoms with E-state index in [1.165, 1.54) is 0 Å². The van der Waals surface area contributed by atoms with Crippen LogP contribution in [0.3, 0.4) is 0 Å². The zero-order valence-corrected chi connectivity index (χ0v) is 11.3. The third-order valence-corrected chi connectivity index (χ3v) is 3.14. The molecule has 3 rings (SSSR count). The van der Waals surface area contributed by atoms with E-state index in [1.807, 2.05) is 37.3 Å². The molecule has 0 saturated heterocycles. The van der Waals surface area contributed by atoms with Crippen LogP contribution in [0, 0.1) is 6.92 Å². The Morgan fingerprint density at radius 1 is 1.30 bits per heavy atom. The van der Waals surface area contributed by atoms with Crippen molar-refractivity contribution in [2.75, 3.05) is 5.32 Å². The predicted octanol–water partition coefficient (Wildman–Crippen LogP) is 2.74. The molecule has 6 heteroatoms. The molecule has 102 valence electrons. The number of aryl methyl sites for hydroxylation is 1. The molecule has 0 bridgehead atoms. The first kappa shape index (κ1) is 12.4. The molecule has 2 heterocycles. The summed E-state index contributed by atoms with van der Waals surface area (Å²) in [5, 5.41) is 14.9. The summed E-state index contributed by atoms with van der Waals surface area (Å²) in [5.74, 6) is 0.755. The molecular weight excluding hydrogens is 254 g/mol. The van der Waals surface area contributed by atoms with Gasteiger partial charge < -0.3 is 9.73 Å². The molecule has 0 aliphatic heterocycles. The number of hydrogen-bond acceptors (Lipinski definition) is 5. The van der Waals surface area contributed by atoms with Crippen LogP contribution in [0.2, 0.25) is 0 Å². The van der Waals surface area contributed by atoms with Gasteiger partial charge in [0.05, 0.1) is 24.3 Å². The fourth-order valence-corrected chi connectivity index (χ4v) is 2.05. The summed E-state index contributed by atoms with van der Waals surface area (Å²) in [6.45, 7) is 3.95. The van der Waals surface area contributed by atoms with Gasteiger partial charge in [0.2, 0.25) is 0 Å². The second-order valence-corrected chi connectivity index (χ2v) is 4.61. The van der Waals surface area contributed by atoms with E-state index in [1.54, 1.807) is 17.2 Å². The maximum atomic E-state index is 5.10. The average molecular weight is 269 g/mol. The number of furan rings is 1. The number of anilines is 1. The maximum absolute atomic E-state index is 5.10. The Hall–Kier alpha value is -2.63. The molecule has 6 nitrogen and oxygen atoms in total. The molecule has 2 aromatic heterocycles. The summed E-state index contributed by atoms with van der Waals surface area (Å²) in [6, 6.07) is 10.1. The first-order valence-corrected chi connectivity index (χ1v) is 6.38. The summed E-state index contributed by atoms with van der Waals surface area (Å²) in [5.41, 5.74) is 3.04. The number of benzene rings is 1. The van der Waals surface area contributed by atoms with E-state index < -0.39 is 0 Å². The number of aromatic nitrogens is 4. The number of rotatable bonds is 4. The summed E-state index contributed by atoms with van der Waals surface area (Å²) in [7, 11) is 0. The first-order valence-electron chi connectivity index (χ1n) is 6.38. The van der Waals surface area contributed by atoms with Crippen molar-refractivity contribution in [2.45, 2.75) is 19.9 Å². The normalized spacial score (nSPS) is 12.3. The molecule has 1 aromatic carbocycles. The minimum atomic E-state index is 0.166. The minimum Gasteiger partial charge on any atom is -0.472 e. The Labute approximate surface area is 116 Å². The standard InChI is InChI=1S/C14H15N5O/c1-10(12-6-7-20-9-12)15-13-4-3-5-14(8-13)19-11(2)16-17-18-19/h3-10,15H,1-2H3. The smallest absolute Gasteiger partial charge is 0.153 e. The zero-order chi connectivity index (χ0) is 13.9. The van der Waals surface area contributed by atoms with Crippen molar-refractivity contribution in [1.82, 2.24) is 20.2 Å². The van der Waals surface area contributed by atoms with Gasteiger partial charge in [0.1, 0.15) is 0 Å². The molecule has 0 aliphatic rings. The molecular formula is C14H15N5O. The highest BCUT2D eigenvalue weighted by Crippen LogP contribution is 2.21. The summed E-state index contributed by atoms with van der Waals surface area (Å²) >= 11 is 0. The van der Waals surface area contributed by atoms with Crippen molar-refractivity contribution in [3.63, 3.8) is 0 Å². The fraction of sp³-hybridized carbons (Fsp3) is 0.214. The van der Waals surface area contributed by atoms with Gasteiger partial charge in [-0.1, -0.05) is 6.07 Å². The largest absolute Gasteiger partial charge is 0.472 e. The van der Waals surface area contributed by atoms with E-state index in [0.717, 1.165) is 22.8 Å². The van der Waals surface area contributed by atoms with Gasteiger partial charge in [-0.15, -0.1) is 5.10 Å². The SMILES string of the molecule is Cc1nnnn1-c1cccc(NC(C)c2ccoc2)c1. The van der Waals surface area contributed by atoms with Gasteiger partial charge in [-0.2, -0.15) is 4.68 Å². The second kappa shape index (κ2) is 5.16. The van der Waals surface area contributed by atoms with Crippen molar-refractivity contribution in [2.24, 2.45) is 0 Å². The Morgan fingerprint density at radius 3 is 2.90 bits per heavy atom. The molecule has 0 spiro atoms. The van der Waals surface area contributed by atoms with Crippen molar-refractivity contribution in [3.8, 4) is 5.69 Å². The predicted molar refractivity (Wildman–Crippen MR) is 74.6 cm³/mol. The van der Waals surface area contributed by atoms with Gasteiger partial charge >= 0.3 is 0 Å². The van der Waals surface area contributed by atoms with E-state index in [9.17, 15) is 0 Å². The lowest BCUT2D eigenvalue weighted by Gasteiger charge is -2.14. The van der Waals surface area contributed by atoms with Gasteiger partial charge in [0.25, 0.3) is 0 Å². The van der Waals surface area contributed by atoms with Crippen LogP contribution < -0.4 is 5.32 Å². The van der Waals surface area contributed by atoms with Gasteiger partial charge in [0.15, 0.2) is 5.82 Å². The Balaban J connectivity index is 1.83. The highest BCUT2D eigenvalue weighted by atomic mass is 16.3. The van der Waals surface area contributed by atoms with E-state index in [4.69, 9.17) is 4.42 Å². The lowest BCUT2D eigenvalue weighted by molar-refractivity contribution is 0.562. The number of nitrogens with zero attached hydrogens (tertiary/aromatic N) is 4. The maximum Gasteiger partial charge on any atom is 0.153 e. The molecule has 0 saturated carbocycles. The molecule has 20 heavy (non-hydrogen) atoms. The quantitative estimate of drug-likeness (QED) is 0.788. The van der Waals surface area contributed by atoms with E-state index in [-0.39, 0.29) is 6.04 Å². The first-order chi connectivity index (χ1) is 9.74. The number of tetrazole rings is 1. The number of hydrogen-bond donors (Lipinski definition) is 1. The molecule has 0 aliphatic carbocycles. The van der Waals surface area contributed by atoms with Crippen LogP contribution in [0.15, 0.2) is 47.3 Å². The van der Waals surface area contributed by atoms with Crippen LogP contribution in [0.5, 0.6) is 0 Å². The number of nitrogens with one attached hydrogen (secondary N) is 1. The summed E-state index contributed by atoms with van der Waals surface area (Å²) in [4.78, 5) is 0. The van der Waals surface area contributed by atoms with Crippen LogP contribution in [0.1, 0.15) is 24.4 Å². The topological polar surface area (TPSA) is 68.8 Å². The van der Waals surface area contributed by atoms with Crippen molar-refractivity contribution in [3.05, 3.63) is 54.2 Å². The van der Waals surface area contributed by atoms with Crippen LogP contribution in [-0.2, 0) is 0 Å². The van der Waals surface area contributed by atoms with Crippen LogP contribution >= 0.6 is 0 Å². The Bertz CT molecular complexity index is 689. The fourth-order valence-electron chi connectivity index (χ4n) is 2.05. The van der Waals surface area contributed by atoms with Gasteiger partial charge in [0, 0.05) is 11.3 Å². The van der Waals surface area contributed by atoms with Gasteiger partial charge in [-0.05, 0) is 48.5 Å². The molecule has 0 radical (unpaired) electrons. The van der Waals surface area contributed by atoms with Gasteiger partial charge in [-0.25, -0.2) is 0 Å². The highest BCUT2D eigenvalue weighted by molar-refractivity contribution is 5.52. The second-order valence-electron chi connectivity index (χ2n) is 4.61. The Morgan fingerprint density at radius 2 is 2.20 bits per heavy atom. The summed E-state index contributed by atoms with van der Waals surface area (Å²) in [6.07, 6.45) is 3.42. The lowest BCUT2D eigenvalue weighted by atomic mass is 10.1.